The molecule has 8 atom stereocenters. The number of hydrogen-bond acceptors (Lipinski definition) is 17. The van der Waals surface area contributed by atoms with Gasteiger partial charge >= 0.3 is 7.75 Å². The molecule has 262 valence electrons. The number of anilines is 2. The van der Waals surface area contributed by atoms with E-state index < -0.39 is 62.9 Å². The molecule has 0 saturated carbocycles. The van der Waals surface area contributed by atoms with Crippen molar-refractivity contribution in [2.24, 2.45) is 0 Å². The molecule has 0 radical (unpaired) electrons. The number of ether oxygens (including phenoxy) is 3. The number of fused-ring (bicyclic) bond motifs is 2. The second-order valence-corrected chi connectivity index (χ2v) is 13.4. The van der Waals surface area contributed by atoms with Gasteiger partial charge < -0.3 is 40.8 Å². The summed E-state index contributed by atoms with van der Waals surface area (Å²) in [6.45, 7) is 0.134. The Hall–Kier alpha value is -3.63. The molecule has 0 spiro atoms. The summed E-state index contributed by atoms with van der Waals surface area (Å²) in [4.78, 5) is 37.4. The Balaban J connectivity index is 1.19. The average Bonchev–Trinajstić information content (AvgIpc) is 3.82. The largest absolute Gasteiger partial charge is 0.405 e. The zero-order chi connectivity index (χ0) is 34.2. The lowest BCUT2D eigenvalue weighted by Gasteiger charge is -2.26. The van der Waals surface area contributed by atoms with E-state index in [9.17, 15) is 19.6 Å². The second-order valence-electron chi connectivity index (χ2n) is 11.7. The molecule has 2 fully saturated rings. The van der Waals surface area contributed by atoms with Crippen LogP contribution in [0.4, 0.5) is 11.8 Å². The molecule has 2 aliphatic heterocycles. The molecule has 0 aliphatic carbocycles. The highest BCUT2D eigenvalue weighted by Crippen LogP contribution is 2.49. The quantitative estimate of drug-likeness (QED) is 0.0663. The highest BCUT2D eigenvalue weighted by atomic mass is 31.2. The molecule has 2 aliphatic rings. The number of H-pyrrole nitrogens is 1. The molecule has 3 unspecified atom stereocenters. The molecule has 0 aromatic carbocycles. The zero-order valence-corrected chi connectivity index (χ0v) is 27.3. The number of aliphatic hydroxyl groups excluding tert-OH is 2. The minimum atomic E-state index is -4.13. The van der Waals surface area contributed by atoms with Crippen LogP contribution in [0, 0.1) is 0 Å². The van der Waals surface area contributed by atoms with Gasteiger partial charge in [0, 0.05) is 20.1 Å². The van der Waals surface area contributed by atoms with E-state index in [0.717, 1.165) is 0 Å². The third-order valence-electron chi connectivity index (χ3n) is 8.14. The first-order valence-corrected chi connectivity index (χ1v) is 16.7. The molecule has 4 aromatic rings. The van der Waals surface area contributed by atoms with Crippen molar-refractivity contribution in [2.75, 3.05) is 59.0 Å². The number of rotatable bonds is 14. The number of methoxy groups -OCH3 is 1. The second kappa shape index (κ2) is 14.1. The number of hydrogen-bond donors (Lipinski definition) is 6. The lowest BCUT2D eigenvalue weighted by atomic mass is 10.1. The Morgan fingerprint density at radius 2 is 1.90 bits per heavy atom. The Morgan fingerprint density at radius 1 is 1.12 bits per heavy atom. The van der Waals surface area contributed by atoms with Crippen molar-refractivity contribution in [2.45, 2.75) is 55.8 Å². The summed E-state index contributed by atoms with van der Waals surface area (Å²) < 4.78 is 47.1. The van der Waals surface area contributed by atoms with Gasteiger partial charge in [0.1, 0.15) is 48.6 Å². The van der Waals surface area contributed by atoms with Gasteiger partial charge in [0.2, 0.25) is 5.95 Å². The lowest BCUT2D eigenvalue weighted by molar-refractivity contribution is -0.0597. The lowest BCUT2D eigenvalue weighted by Crippen LogP contribution is -2.36. The van der Waals surface area contributed by atoms with Gasteiger partial charge in [0.15, 0.2) is 28.9 Å². The SMILES string of the molecule is CO[C@H]1C(O)[C@@H](COP(=O)(NCCCN(C)C)OC2C[C@H](n3cnc4c(N)ncnc43)O[C@@H]2CO)O[C@H]1n1cnc2c(=O)[nH]c(N)nc21. The first-order chi connectivity index (χ1) is 23.0. The Bertz CT molecular complexity index is 1830. The van der Waals surface area contributed by atoms with Crippen LogP contribution in [-0.4, -0.2) is 132 Å². The van der Waals surface area contributed by atoms with Gasteiger partial charge in [-0.1, -0.05) is 0 Å². The van der Waals surface area contributed by atoms with Crippen molar-refractivity contribution in [3.8, 4) is 0 Å². The number of aromatic nitrogens is 8. The van der Waals surface area contributed by atoms with E-state index in [1.165, 1.54) is 30.7 Å². The van der Waals surface area contributed by atoms with E-state index in [0.29, 0.717) is 24.1 Å². The Morgan fingerprint density at radius 3 is 2.65 bits per heavy atom. The number of nitrogens with two attached hydrogens (primary N) is 2. The van der Waals surface area contributed by atoms with Crippen molar-refractivity contribution in [3.05, 3.63) is 29.3 Å². The molecule has 2 saturated heterocycles. The maximum absolute atomic E-state index is 14.3. The monoisotopic (exact) mass is 694 g/mol. The molecule has 0 bridgehead atoms. The van der Waals surface area contributed by atoms with E-state index in [2.05, 4.69) is 35.0 Å². The zero-order valence-electron chi connectivity index (χ0n) is 26.4. The van der Waals surface area contributed by atoms with Crippen LogP contribution in [0.15, 0.2) is 23.8 Å². The minimum absolute atomic E-state index is 0.0202. The van der Waals surface area contributed by atoms with Gasteiger partial charge in [-0.15, -0.1) is 0 Å². The summed E-state index contributed by atoms with van der Waals surface area (Å²) in [5.41, 5.74) is 12.1. The van der Waals surface area contributed by atoms with Crippen molar-refractivity contribution in [3.63, 3.8) is 0 Å². The van der Waals surface area contributed by atoms with Crippen LogP contribution in [0.3, 0.4) is 0 Å². The number of nitrogens with zero attached hydrogens (tertiary/aromatic N) is 8. The fourth-order valence-electron chi connectivity index (χ4n) is 5.77. The molecule has 6 rings (SSSR count). The van der Waals surface area contributed by atoms with Crippen LogP contribution in [-0.2, 0) is 27.8 Å². The van der Waals surface area contributed by atoms with E-state index in [-0.39, 0.29) is 42.5 Å². The first-order valence-electron chi connectivity index (χ1n) is 15.1. The third kappa shape index (κ3) is 6.79. The molecule has 6 heterocycles. The van der Waals surface area contributed by atoms with Gasteiger partial charge in [-0.2, -0.15) is 4.98 Å². The normalized spacial score (nSPS) is 27.4. The molecule has 21 nitrogen and oxygen atoms in total. The Labute approximate surface area is 273 Å². The fourth-order valence-corrected chi connectivity index (χ4v) is 7.35. The average molecular weight is 695 g/mol. The number of aliphatic hydroxyl groups is 2. The van der Waals surface area contributed by atoms with Crippen molar-refractivity contribution >= 4 is 41.8 Å². The summed E-state index contributed by atoms with van der Waals surface area (Å²) in [5.74, 6) is 0.0747. The first kappa shape index (κ1) is 34.2. The standard InChI is InChI=1S/C26H39N12O9P/c1-36(2)6-4-5-33-48(42,47-13-7-16(45-14(13)8-39)37-11-31-17-21(27)29-10-30-22(17)37)44-9-15-19(40)20(43-3)25(46-15)38-12-32-18-23(38)34-26(28)35-24(18)41/h10-16,19-20,25,39-40H,4-9H2,1-3H3,(H,33,42)(H2,27,29,30)(H3,28,34,35,41)/t13?,14-,15-,16-,19?,20+,25-,48?/m1/s1. The molecular weight excluding hydrogens is 655 g/mol. The van der Waals surface area contributed by atoms with Crippen LogP contribution < -0.4 is 22.1 Å². The van der Waals surface area contributed by atoms with Crippen LogP contribution in [0.1, 0.15) is 25.3 Å². The van der Waals surface area contributed by atoms with Gasteiger partial charge in [-0.3, -0.25) is 28.0 Å². The smallest absolute Gasteiger partial charge is 0.394 e. The summed E-state index contributed by atoms with van der Waals surface area (Å²) in [7, 11) is 1.08. The van der Waals surface area contributed by atoms with Gasteiger partial charge in [0.25, 0.3) is 5.56 Å². The third-order valence-corrected chi connectivity index (χ3v) is 9.79. The fraction of sp³-hybridized carbons (Fsp3) is 0.615. The number of imidazole rings is 2. The highest BCUT2D eigenvalue weighted by molar-refractivity contribution is 7.51. The summed E-state index contributed by atoms with van der Waals surface area (Å²) in [5, 5.41) is 24.2. The predicted molar refractivity (Wildman–Crippen MR) is 168 cm³/mol. The maximum atomic E-state index is 14.3. The van der Waals surface area contributed by atoms with E-state index in [1.54, 1.807) is 4.57 Å². The van der Waals surface area contributed by atoms with Crippen LogP contribution in [0.2, 0.25) is 0 Å². The van der Waals surface area contributed by atoms with Crippen LogP contribution >= 0.6 is 7.75 Å². The molecule has 4 aromatic heterocycles. The minimum Gasteiger partial charge on any atom is -0.394 e. The van der Waals surface area contributed by atoms with Gasteiger partial charge in [-0.25, -0.2) is 29.6 Å². The van der Waals surface area contributed by atoms with Crippen molar-refractivity contribution < 1.29 is 38.0 Å². The summed E-state index contributed by atoms with van der Waals surface area (Å²) in [6.07, 6.45) is -1.79. The van der Waals surface area contributed by atoms with Crippen LogP contribution in [0.5, 0.6) is 0 Å². The van der Waals surface area contributed by atoms with Crippen LogP contribution in [0.25, 0.3) is 22.3 Å². The molecule has 8 N–H and O–H groups in total. The molecule has 0 amide bonds. The summed E-state index contributed by atoms with van der Waals surface area (Å²) >= 11 is 0. The van der Waals surface area contributed by atoms with Gasteiger partial charge in [0.05, 0.1) is 25.9 Å². The predicted octanol–water partition coefficient (Wildman–Crippen LogP) is -1.27. The highest BCUT2D eigenvalue weighted by Gasteiger charge is 2.48. The van der Waals surface area contributed by atoms with E-state index in [1.807, 2.05) is 19.0 Å². The van der Waals surface area contributed by atoms with Gasteiger partial charge in [-0.05, 0) is 27.1 Å². The topological polar surface area (TPSA) is 278 Å². The summed E-state index contributed by atoms with van der Waals surface area (Å²) in [6, 6.07) is 0. The number of aromatic amines is 1. The molecule has 48 heavy (non-hydrogen) atoms. The number of nitrogen functional groups attached to an aromatic ring is 2. The molecule has 22 heteroatoms. The Kier molecular flexibility index (Phi) is 10.0. The number of nitrogens with one attached hydrogen (secondary N) is 2. The van der Waals surface area contributed by atoms with E-state index >= 15 is 0 Å². The van der Waals surface area contributed by atoms with Crippen molar-refractivity contribution in [1.29, 1.82) is 0 Å². The molecular formula is C26H39N12O9P. The van der Waals surface area contributed by atoms with Crippen molar-refractivity contribution in [1.82, 2.24) is 49.0 Å². The maximum Gasteiger partial charge on any atom is 0.405 e. The van der Waals surface area contributed by atoms with E-state index in [4.69, 9.17) is 34.7 Å².